The van der Waals surface area contributed by atoms with Gasteiger partial charge in [-0.2, -0.15) is 0 Å². The van der Waals surface area contributed by atoms with Crippen molar-refractivity contribution in [1.29, 1.82) is 0 Å². The molecule has 0 aliphatic heterocycles. The highest BCUT2D eigenvalue weighted by Crippen LogP contribution is 2.21. The lowest BCUT2D eigenvalue weighted by molar-refractivity contribution is 0.568. The number of hydrogen-bond acceptors (Lipinski definition) is 3. The molecule has 1 rings (SSSR count). The first kappa shape index (κ1) is 14.2. The third-order valence-electron chi connectivity index (χ3n) is 2.52. The van der Waals surface area contributed by atoms with Crippen LogP contribution in [0.3, 0.4) is 0 Å². The molecule has 0 bridgehead atoms. The van der Waals surface area contributed by atoms with E-state index in [2.05, 4.69) is 18.9 Å². The molecule has 3 N–H and O–H groups in total. The molecule has 1 unspecified atom stereocenters. The van der Waals surface area contributed by atoms with E-state index in [1.165, 1.54) is 17.7 Å². The zero-order valence-corrected chi connectivity index (χ0v) is 10.9. The first-order chi connectivity index (χ1) is 8.15. The highest BCUT2D eigenvalue weighted by molar-refractivity contribution is 7.99. The van der Waals surface area contributed by atoms with Crippen LogP contribution in [0.5, 0.6) is 0 Å². The third-order valence-corrected chi connectivity index (χ3v) is 3.67. The van der Waals surface area contributed by atoms with E-state index in [0.717, 1.165) is 23.5 Å². The fourth-order valence-electron chi connectivity index (χ4n) is 1.41. The minimum Gasteiger partial charge on any atom is -0.271 e. The van der Waals surface area contributed by atoms with Crippen LogP contribution in [-0.2, 0) is 0 Å². The summed E-state index contributed by atoms with van der Waals surface area (Å²) in [6.07, 6.45) is 1.82. The van der Waals surface area contributed by atoms with Gasteiger partial charge in [0.1, 0.15) is 5.82 Å². The summed E-state index contributed by atoms with van der Waals surface area (Å²) in [7, 11) is 0. The molecule has 1 aromatic rings. The van der Waals surface area contributed by atoms with Crippen LogP contribution in [0.4, 0.5) is 4.39 Å². The van der Waals surface area contributed by atoms with Crippen LogP contribution in [0.15, 0.2) is 41.3 Å². The summed E-state index contributed by atoms with van der Waals surface area (Å²) in [6.45, 7) is 6.04. The van der Waals surface area contributed by atoms with Gasteiger partial charge in [0, 0.05) is 16.7 Å². The van der Waals surface area contributed by atoms with Crippen LogP contribution in [0.25, 0.3) is 0 Å². The van der Waals surface area contributed by atoms with Gasteiger partial charge in [0.05, 0.1) is 0 Å². The van der Waals surface area contributed by atoms with Gasteiger partial charge in [0.15, 0.2) is 0 Å². The molecular weight excluding hydrogens is 235 g/mol. The first-order valence-corrected chi connectivity index (χ1v) is 6.65. The van der Waals surface area contributed by atoms with Crippen molar-refractivity contribution in [3.05, 3.63) is 42.2 Å². The Kier molecular flexibility index (Phi) is 6.26. The average Bonchev–Trinajstić information content (AvgIpc) is 2.34. The number of hydrogen-bond donors (Lipinski definition) is 2. The first-order valence-electron chi connectivity index (χ1n) is 5.66. The molecule has 0 fully saturated rings. The molecule has 0 aliphatic rings. The molecular formula is C13H19FN2S. The van der Waals surface area contributed by atoms with Crippen LogP contribution >= 0.6 is 11.8 Å². The summed E-state index contributed by atoms with van der Waals surface area (Å²) < 4.78 is 13.0. The highest BCUT2D eigenvalue weighted by atomic mass is 32.2. The number of nitrogens with two attached hydrogens (primary N) is 1. The molecule has 0 aliphatic carbocycles. The maximum absolute atomic E-state index is 13.0. The lowest BCUT2D eigenvalue weighted by Crippen LogP contribution is -2.37. The zero-order chi connectivity index (χ0) is 12.7. The summed E-state index contributed by atoms with van der Waals surface area (Å²) >= 11 is 1.60. The minimum absolute atomic E-state index is 0.177. The summed E-state index contributed by atoms with van der Waals surface area (Å²) in [5, 5.41) is 0. The second kappa shape index (κ2) is 7.48. The van der Waals surface area contributed by atoms with Gasteiger partial charge in [-0.1, -0.05) is 25.1 Å². The molecule has 2 nitrogen and oxygen atoms in total. The van der Waals surface area contributed by atoms with Gasteiger partial charge in [0.2, 0.25) is 0 Å². The molecule has 0 aromatic heterocycles. The third kappa shape index (κ3) is 5.35. The zero-order valence-electron chi connectivity index (χ0n) is 10.1. The Morgan fingerprint density at radius 2 is 2.35 bits per heavy atom. The molecule has 1 aromatic carbocycles. The molecule has 1 atom stereocenters. The van der Waals surface area contributed by atoms with Gasteiger partial charge in [-0.3, -0.25) is 11.3 Å². The van der Waals surface area contributed by atoms with E-state index in [-0.39, 0.29) is 11.9 Å². The van der Waals surface area contributed by atoms with E-state index in [1.54, 1.807) is 17.8 Å². The van der Waals surface area contributed by atoms with Crippen molar-refractivity contribution in [2.45, 2.75) is 30.7 Å². The Balaban J connectivity index is 2.44. The normalized spacial score (nSPS) is 12.4. The second-order valence-electron chi connectivity index (χ2n) is 3.94. The predicted octanol–water partition coefficient (Wildman–Crippen LogP) is 3.11. The van der Waals surface area contributed by atoms with Gasteiger partial charge < -0.3 is 0 Å². The second-order valence-corrected chi connectivity index (χ2v) is 5.03. The van der Waals surface area contributed by atoms with E-state index in [9.17, 15) is 4.39 Å². The van der Waals surface area contributed by atoms with Crippen molar-refractivity contribution in [3.8, 4) is 0 Å². The summed E-state index contributed by atoms with van der Waals surface area (Å²) in [5.74, 6) is 6.09. The van der Waals surface area contributed by atoms with Gasteiger partial charge in [-0.25, -0.2) is 4.39 Å². The van der Waals surface area contributed by atoms with E-state index < -0.39 is 0 Å². The molecule has 0 amide bonds. The summed E-state index contributed by atoms with van der Waals surface area (Å²) in [6, 6.07) is 6.77. The smallest absolute Gasteiger partial charge is 0.124 e. The number of thioether (sulfide) groups is 1. The molecule has 0 radical (unpaired) electrons. The van der Waals surface area contributed by atoms with E-state index >= 15 is 0 Å². The molecule has 17 heavy (non-hydrogen) atoms. The summed E-state index contributed by atoms with van der Waals surface area (Å²) in [4.78, 5) is 0.923. The van der Waals surface area contributed by atoms with Crippen molar-refractivity contribution in [2.24, 2.45) is 5.84 Å². The monoisotopic (exact) mass is 254 g/mol. The highest BCUT2D eigenvalue weighted by Gasteiger charge is 2.08. The molecule has 0 spiro atoms. The maximum atomic E-state index is 13.0. The summed E-state index contributed by atoms with van der Waals surface area (Å²) in [5.41, 5.74) is 3.95. The van der Waals surface area contributed by atoms with Gasteiger partial charge in [0.25, 0.3) is 0 Å². The van der Waals surface area contributed by atoms with Crippen LogP contribution in [0.2, 0.25) is 0 Å². The van der Waals surface area contributed by atoms with Crippen LogP contribution < -0.4 is 11.3 Å². The number of benzene rings is 1. The van der Waals surface area contributed by atoms with Crippen LogP contribution in [0.1, 0.15) is 19.8 Å². The quantitative estimate of drug-likeness (QED) is 0.340. The molecule has 0 saturated carbocycles. The number of nitrogens with one attached hydrogen (secondary N) is 1. The van der Waals surface area contributed by atoms with E-state index in [1.807, 2.05) is 6.07 Å². The van der Waals surface area contributed by atoms with Crippen LogP contribution in [0, 0.1) is 5.82 Å². The number of hydrazine groups is 1. The maximum Gasteiger partial charge on any atom is 0.124 e. The van der Waals surface area contributed by atoms with Crippen molar-refractivity contribution in [3.63, 3.8) is 0 Å². The lowest BCUT2D eigenvalue weighted by Gasteiger charge is -2.16. The fourth-order valence-corrected chi connectivity index (χ4v) is 2.39. The van der Waals surface area contributed by atoms with Crippen molar-refractivity contribution in [2.75, 3.05) is 5.75 Å². The lowest BCUT2D eigenvalue weighted by atomic mass is 10.1. The predicted molar refractivity (Wildman–Crippen MR) is 72.3 cm³/mol. The topological polar surface area (TPSA) is 38.0 Å². The number of rotatable bonds is 7. The van der Waals surface area contributed by atoms with Gasteiger partial charge >= 0.3 is 0 Å². The van der Waals surface area contributed by atoms with E-state index in [0.29, 0.717) is 0 Å². The van der Waals surface area contributed by atoms with Crippen molar-refractivity contribution in [1.82, 2.24) is 5.43 Å². The van der Waals surface area contributed by atoms with Crippen molar-refractivity contribution >= 4 is 11.8 Å². The standard InChI is InChI=1S/C13H19FN2S/c1-3-10(2)7-12(16-15)9-17-13-6-4-5-11(14)8-13/h4-6,8,12,16H,2-3,7,9,15H2,1H3. The Bertz CT molecular complexity index is 368. The Labute approximate surface area is 106 Å². The average molecular weight is 254 g/mol. The Morgan fingerprint density at radius 1 is 1.59 bits per heavy atom. The molecule has 0 saturated heterocycles. The molecule has 0 heterocycles. The van der Waals surface area contributed by atoms with Crippen molar-refractivity contribution < 1.29 is 4.39 Å². The Hall–Kier alpha value is -0.840. The Morgan fingerprint density at radius 3 is 2.94 bits per heavy atom. The van der Waals surface area contributed by atoms with Crippen LogP contribution in [-0.4, -0.2) is 11.8 Å². The van der Waals surface area contributed by atoms with Gasteiger partial charge in [-0.15, -0.1) is 11.8 Å². The number of halogens is 1. The van der Waals surface area contributed by atoms with Gasteiger partial charge in [-0.05, 0) is 31.0 Å². The largest absolute Gasteiger partial charge is 0.271 e. The SMILES string of the molecule is C=C(CC)CC(CSc1cccc(F)c1)NN. The fraction of sp³-hybridized carbons (Fsp3) is 0.385. The molecule has 94 valence electrons. The van der Waals surface area contributed by atoms with E-state index in [4.69, 9.17) is 5.84 Å². The minimum atomic E-state index is -0.203. The molecule has 4 heteroatoms.